The molecule has 1 aliphatic rings. The Morgan fingerprint density at radius 3 is 2.54 bits per heavy atom. The van der Waals surface area contributed by atoms with Crippen LogP contribution >= 0.6 is 23.2 Å². The van der Waals surface area contributed by atoms with E-state index in [1.165, 1.54) is 7.11 Å². The number of benzene rings is 2. The Kier molecular flexibility index (Phi) is 5.34. The number of ether oxygens (including phenoxy) is 3. The van der Waals surface area contributed by atoms with Crippen LogP contribution in [0.1, 0.15) is 18.1 Å². The lowest BCUT2D eigenvalue weighted by atomic mass is 9.94. The summed E-state index contributed by atoms with van der Waals surface area (Å²) in [7, 11) is 1.47. The van der Waals surface area contributed by atoms with E-state index in [-0.39, 0.29) is 22.2 Å². The second-order valence-corrected chi connectivity index (χ2v) is 6.40. The van der Waals surface area contributed by atoms with Gasteiger partial charge in [-0.25, -0.2) is 4.39 Å². The molecule has 2 aromatic carbocycles. The first kappa shape index (κ1) is 18.5. The lowest BCUT2D eigenvalue weighted by Gasteiger charge is -2.19. The number of esters is 2. The molecule has 136 valence electrons. The zero-order chi connectivity index (χ0) is 18.8. The molecule has 0 radical (unpaired) electrons. The topological polar surface area (TPSA) is 61.8 Å². The zero-order valence-corrected chi connectivity index (χ0v) is 15.0. The monoisotopic (exact) mass is 398 g/mol. The average molecular weight is 399 g/mol. The van der Waals surface area contributed by atoms with Gasteiger partial charge in [0.15, 0.2) is 5.75 Å². The Morgan fingerprint density at radius 2 is 1.88 bits per heavy atom. The molecule has 1 heterocycles. The van der Waals surface area contributed by atoms with E-state index in [9.17, 15) is 14.0 Å². The molecular weight excluding hydrogens is 386 g/mol. The van der Waals surface area contributed by atoms with Crippen LogP contribution in [-0.2, 0) is 14.3 Å². The van der Waals surface area contributed by atoms with Crippen LogP contribution in [0, 0.1) is 11.7 Å². The molecule has 0 amide bonds. The van der Waals surface area contributed by atoms with Gasteiger partial charge in [-0.05, 0) is 18.2 Å². The van der Waals surface area contributed by atoms with E-state index >= 15 is 0 Å². The Bertz CT molecular complexity index is 847. The third kappa shape index (κ3) is 3.61. The highest BCUT2D eigenvalue weighted by Gasteiger charge is 2.43. The summed E-state index contributed by atoms with van der Waals surface area (Å²) in [5.41, 5.74) is 0.541. The predicted molar refractivity (Wildman–Crippen MR) is 92.0 cm³/mol. The fourth-order valence-electron chi connectivity index (χ4n) is 2.75. The van der Waals surface area contributed by atoms with Gasteiger partial charge in [0.25, 0.3) is 0 Å². The maximum atomic E-state index is 13.3. The first-order chi connectivity index (χ1) is 12.4. The molecule has 1 aliphatic heterocycles. The van der Waals surface area contributed by atoms with Crippen molar-refractivity contribution in [3.63, 3.8) is 0 Å². The van der Waals surface area contributed by atoms with Crippen molar-refractivity contribution in [3.8, 4) is 11.5 Å². The summed E-state index contributed by atoms with van der Waals surface area (Å²) in [5, 5.41) is -0.301. The molecule has 2 atom stereocenters. The zero-order valence-electron chi connectivity index (χ0n) is 13.5. The summed E-state index contributed by atoms with van der Waals surface area (Å²) in [4.78, 5) is 24.4. The molecule has 2 aromatic rings. The Balaban J connectivity index is 1.89. The van der Waals surface area contributed by atoms with Gasteiger partial charge in [0, 0.05) is 5.56 Å². The highest BCUT2D eigenvalue weighted by Crippen LogP contribution is 2.41. The summed E-state index contributed by atoms with van der Waals surface area (Å²) >= 11 is 11.8. The maximum Gasteiger partial charge on any atom is 0.319 e. The fourth-order valence-corrected chi connectivity index (χ4v) is 3.29. The molecule has 8 heteroatoms. The van der Waals surface area contributed by atoms with Gasteiger partial charge in [0.1, 0.15) is 23.6 Å². The maximum absolute atomic E-state index is 13.3. The van der Waals surface area contributed by atoms with Crippen LogP contribution in [0.4, 0.5) is 4.39 Å². The second-order valence-electron chi connectivity index (χ2n) is 5.58. The van der Waals surface area contributed by atoms with Crippen LogP contribution in [0.3, 0.4) is 0 Å². The highest BCUT2D eigenvalue weighted by molar-refractivity contribution is 6.37. The minimum absolute atomic E-state index is 0.151. The van der Waals surface area contributed by atoms with E-state index in [1.54, 1.807) is 24.3 Å². The van der Waals surface area contributed by atoms with Gasteiger partial charge in [0.05, 0.1) is 23.6 Å². The third-order valence-corrected chi connectivity index (χ3v) is 4.49. The van der Waals surface area contributed by atoms with Gasteiger partial charge in [-0.2, -0.15) is 0 Å². The summed E-state index contributed by atoms with van der Waals surface area (Å²) in [6.45, 7) is 0. The molecule has 26 heavy (non-hydrogen) atoms. The number of methoxy groups -OCH3 is 1. The third-order valence-electron chi connectivity index (χ3n) is 3.92. The van der Waals surface area contributed by atoms with Gasteiger partial charge in [0.2, 0.25) is 0 Å². The predicted octanol–water partition coefficient (Wildman–Crippen LogP) is 4.35. The molecule has 0 bridgehead atoms. The van der Waals surface area contributed by atoms with Crippen molar-refractivity contribution < 1.29 is 28.2 Å². The molecule has 0 unspecified atom stereocenters. The van der Waals surface area contributed by atoms with Crippen LogP contribution in [0.5, 0.6) is 11.5 Å². The van der Waals surface area contributed by atoms with Gasteiger partial charge in [-0.1, -0.05) is 41.4 Å². The van der Waals surface area contributed by atoms with Crippen LogP contribution < -0.4 is 9.47 Å². The molecule has 0 spiro atoms. The number of rotatable bonds is 4. The summed E-state index contributed by atoms with van der Waals surface area (Å²) < 4.78 is 29.1. The van der Waals surface area contributed by atoms with Crippen LogP contribution in [0.15, 0.2) is 36.4 Å². The van der Waals surface area contributed by atoms with Crippen molar-refractivity contribution in [2.24, 2.45) is 5.92 Å². The lowest BCUT2D eigenvalue weighted by Crippen LogP contribution is -2.24. The Labute approximate surface area is 158 Å². The number of hydrogen-bond donors (Lipinski definition) is 0. The molecule has 0 N–H and O–H groups in total. The largest absolute Gasteiger partial charge is 0.496 e. The van der Waals surface area contributed by atoms with Gasteiger partial charge < -0.3 is 14.2 Å². The molecule has 1 saturated heterocycles. The molecule has 1 fully saturated rings. The molecule has 3 rings (SSSR count). The first-order valence-electron chi connectivity index (χ1n) is 7.59. The number of hydrogen-bond acceptors (Lipinski definition) is 5. The minimum atomic E-state index is -0.920. The van der Waals surface area contributed by atoms with Crippen molar-refractivity contribution in [1.29, 1.82) is 0 Å². The number of halogens is 3. The van der Waals surface area contributed by atoms with E-state index in [0.717, 1.165) is 12.1 Å². The normalized spacial score (nSPS) is 19.2. The molecule has 0 aromatic heterocycles. The molecule has 5 nitrogen and oxygen atoms in total. The minimum Gasteiger partial charge on any atom is -0.496 e. The van der Waals surface area contributed by atoms with Crippen LogP contribution in [-0.4, -0.2) is 19.0 Å². The second kappa shape index (κ2) is 7.51. The van der Waals surface area contributed by atoms with Crippen LogP contribution in [0.25, 0.3) is 0 Å². The van der Waals surface area contributed by atoms with Crippen molar-refractivity contribution in [1.82, 2.24) is 0 Å². The Hall–Kier alpha value is -2.31. The first-order valence-corrected chi connectivity index (χ1v) is 8.35. The number of carbonyl (C=O) groups excluding carboxylic acids is 2. The number of para-hydroxylation sites is 1. The SMILES string of the molecule is COc1ccccc1[C@H]1OC(=O)C[C@@H]1C(=O)Oc1c(Cl)cc(F)cc1Cl. The van der Waals surface area contributed by atoms with Crippen molar-refractivity contribution in [2.45, 2.75) is 12.5 Å². The van der Waals surface area contributed by atoms with E-state index in [0.29, 0.717) is 11.3 Å². The van der Waals surface area contributed by atoms with E-state index < -0.39 is 29.8 Å². The van der Waals surface area contributed by atoms with E-state index in [4.69, 9.17) is 37.4 Å². The van der Waals surface area contributed by atoms with Crippen LogP contribution in [0.2, 0.25) is 10.0 Å². The molecule has 0 aliphatic carbocycles. The summed E-state index contributed by atoms with van der Waals surface area (Å²) in [5.74, 6) is -2.58. The van der Waals surface area contributed by atoms with E-state index in [2.05, 4.69) is 0 Å². The average Bonchev–Trinajstić information content (AvgIpc) is 2.99. The number of cyclic esters (lactones) is 1. The summed E-state index contributed by atoms with van der Waals surface area (Å²) in [6, 6.07) is 8.83. The fraction of sp³-hybridized carbons (Fsp3) is 0.222. The quantitative estimate of drug-likeness (QED) is 0.565. The van der Waals surface area contributed by atoms with E-state index in [1.807, 2.05) is 0 Å². The summed E-state index contributed by atoms with van der Waals surface area (Å²) in [6.07, 6.45) is -1.04. The van der Waals surface area contributed by atoms with Gasteiger partial charge >= 0.3 is 11.9 Å². The van der Waals surface area contributed by atoms with Gasteiger partial charge in [-0.3, -0.25) is 9.59 Å². The highest BCUT2D eigenvalue weighted by atomic mass is 35.5. The number of carbonyl (C=O) groups is 2. The molecular formula is C18H13Cl2FO5. The smallest absolute Gasteiger partial charge is 0.319 e. The standard InChI is InChI=1S/C18H13Cl2FO5/c1-24-14-5-3-2-4-10(14)16-11(8-15(22)25-16)18(23)26-17-12(19)6-9(21)7-13(17)20/h2-7,11,16H,8H2,1H3/t11-,16+/m0/s1. The van der Waals surface area contributed by atoms with Crippen molar-refractivity contribution in [2.75, 3.05) is 7.11 Å². The lowest BCUT2D eigenvalue weighted by molar-refractivity contribution is -0.143. The molecule has 0 saturated carbocycles. The Morgan fingerprint density at radius 1 is 1.23 bits per heavy atom. The van der Waals surface area contributed by atoms with Gasteiger partial charge in [-0.15, -0.1) is 0 Å². The van der Waals surface area contributed by atoms with Crippen molar-refractivity contribution >= 4 is 35.1 Å². The van der Waals surface area contributed by atoms with Crippen molar-refractivity contribution in [3.05, 3.63) is 57.8 Å².